The van der Waals surface area contributed by atoms with Gasteiger partial charge in [0.15, 0.2) is 11.5 Å². The molecule has 1 aromatic heterocycles. The molecule has 1 saturated heterocycles. The zero-order valence-corrected chi connectivity index (χ0v) is 15.3. The minimum atomic E-state index is 0.461. The van der Waals surface area contributed by atoms with E-state index in [-0.39, 0.29) is 0 Å². The summed E-state index contributed by atoms with van der Waals surface area (Å²) >= 11 is 0. The second kappa shape index (κ2) is 7.38. The molecule has 5 heteroatoms. The minimum Gasteiger partial charge on any atom is -0.493 e. The smallest absolute Gasteiger partial charge is 0.163 e. The van der Waals surface area contributed by atoms with E-state index in [2.05, 4.69) is 28.8 Å². The average molecular weight is 351 g/mol. The molecule has 0 atom stereocenters. The van der Waals surface area contributed by atoms with Crippen LogP contribution in [-0.2, 0) is 0 Å². The van der Waals surface area contributed by atoms with E-state index in [1.54, 1.807) is 7.11 Å². The fourth-order valence-corrected chi connectivity index (χ4v) is 3.65. The lowest BCUT2D eigenvalue weighted by atomic mass is 10.0. The summed E-state index contributed by atoms with van der Waals surface area (Å²) in [7, 11) is 1.68. The number of para-hydroxylation sites is 1. The number of nitrogens with zero attached hydrogens (tertiary/aromatic N) is 1. The first kappa shape index (κ1) is 16.9. The highest BCUT2D eigenvalue weighted by Gasteiger charge is 2.18. The summed E-state index contributed by atoms with van der Waals surface area (Å²) in [4.78, 5) is 4.86. The van der Waals surface area contributed by atoms with Gasteiger partial charge in [-0.25, -0.2) is 4.98 Å². The van der Waals surface area contributed by atoms with Gasteiger partial charge >= 0.3 is 0 Å². The zero-order valence-electron chi connectivity index (χ0n) is 15.3. The Hall–Kier alpha value is -2.53. The summed E-state index contributed by atoms with van der Waals surface area (Å²) in [6.45, 7) is 4.67. The number of hydrogen-bond acceptors (Lipinski definition) is 5. The summed E-state index contributed by atoms with van der Waals surface area (Å²) in [5, 5.41) is 9.43. The van der Waals surface area contributed by atoms with Gasteiger partial charge < -0.3 is 20.1 Å². The molecular formula is C21H25N3O2. The molecule has 136 valence electrons. The van der Waals surface area contributed by atoms with E-state index in [4.69, 9.17) is 14.5 Å². The van der Waals surface area contributed by atoms with E-state index >= 15 is 0 Å². The number of pyridine rings is 1. The molecule has 5 nitrogen and oxygen atoms in total. The first-order valence-corrected chi connectivity index (χ1v) is 9.30. The van der Waals surface area contributed by atoms with E-state index in [1.165, 1.54) is 0 Å². The minimum absolute atomic E-state index is 0.461. The average Bonchev–Trinajstić information content (AvgIpc) is 2.68. The quantitative estimate of drug-likeness (QED) is 0.682. The number of benzene rings is 2. The molecule has 0 spiro atoms. The van der Waals surface area contributed by atoms with Crippen LogP contribution < -0.4 is 20.1 Å². The Morgan fingerprint density at radius 3 is 2.65 bits per heavy atom. The van der Waals surface area contributed by atoms with Crippen LogP contribution in [0.4, 0.5) is 5.69 Å². The summed E-state index contributed by atoms with van der Waals surface area (Å²) in [5.41, 5.74) is 3.05. The zero-order chi connectivity index (χ0) is 17.9. The molecule has 0 unspecified atom stereocenters. The van der Waals surface area contributed by atoms with Crippen molar-refractivity contribution in [3.05, 3.63) is 36.4 Å². The van der Waals surface area contributed by atoms with Crippen molar-refractivity contribution >= 4 is 27.5 Å². The molecule has 4 rings (SSSR count). The number of anilines is 1. The summed E-state index contributed by atoms with van der Waals surface area (Å²) in [6.07, 6.45) is 2.23. The lowest BCUT2D eigenvalue weighted by Gasteiger charge is -2.26. The normalized spacial score (nSPS) is 15.3. The van der Waals surface area contributed by atoms with Gasteiger partial charge in [0.25, 0.3) is 0 Å². The van der Waals surface area contributed by atoms with Crippen molar-refractivity contribution in [3.63, 3.8) is 0 Å². The number of aromatic nitrogens is 1. The highest BCUT2D eigenvalue weighted by molar-refractivity contribution is 6.08. The molecule has 2 aromatic carbocycles. The van der Waals surface area contributed by atoms with Crippen LogP contribution in [0.2, 0.25) is 0 Å². The Labute approximate surface area is 153 Å². The molecule has 0 bridgehead atoms. The van der Waals surface area contributed by atoms with E-state index in [0.717, 1.165) is 64.9 Å². The van der Waals surface area contributed by atoms with Gasteiger partial charge in [-0.15, -0.1) is 0 Å². The lowest BCUT2D eigenvalue weighted by Crippen LogP contribution is -2.35. The first-order valence-electron chi connectivity index (χ1n) is 9.30. The first-order chi connectivity index (χ1) is 12.8. The van der Waals surface area contributed by atoms with Gasteiger partial charge in [-0.1, -0.05) is 18.2 Å². The van der Waals surface area contributed by atoms with Crippen molar-refractivity contribution in [1.82, 2.24) is 10.3 Å². The monoisotopic (exact) mass is 351 g/mol. The van der Waals surface area contributed by atoms with Gasteiger partial charge in [0.05, 0.1) is 30.4 Å². The van der Waals surface area contributed by atoms with Crippen molar-refractivity contribution in [1.29, 1.82) is 0 Å². The van der Waals surface area contributed by atoms with Crippen molar-refractivity contribution in [2.75, 3.05) is 32.1 Å². The van der Waals surface area contributed by atoms with Crippen LogP contribution in [0, 0.1) is 0 Å². The van der Waals surface area contributed by atoms with Crippen LogP contribution in [-0.4, -0.2) is 37.8 Å². The van der Waals surface area contributed by atoms with E-state index in [1.807, 2.05) is 25.1 Å². The summed E-state index contributed by atoms with van der Waals surface area (Å²) < 4.78 is 11.3. The third kappa shape index (κ3) is 3.15. The second-order valence-electron chi connectivity index (χ2n) is 6.63. The largest absolute Gasteiger partial charge is 0.493 e. The highest BCUT2D eigenvalue weighted by atomic mass is 16.5. The Kier molecular flexibility index (Phi) is 4.80. The molecule has 0 aliphatic carbocycles. The number of ether oxygens (including phenoxy) is 2. The van der Waals surface area contributed by atoms with Crippen LogP contribution in [0.5, 0.6) is 11.5 Å². The van der Waals surface area contributed by atoms with Crippen molar-refractivity contribution in [2.24, 2.45) is 0 Å². The number of rotatable bonds is 5. The molecular weight excluding hydrogens is 326 g/mol. The van der Waals surface area contributed by atoms with E-state index in [0.29, 0.717) is 12.6 Å². The Balaban J connectivity index is 1.91. The van der Waals surface area contributed by atoms with Crippen LogP contribution in [0.1, 0.15) is 19.8 Å². The number of piperidine rings is 1. The molecule has 0 saturated carbocycles. The van der Waals surface area contributed by atoms with Gasteiger partial charge in [-0.3, -0.25) is 0 Å². The fourth-order valence-electron chi connectivity index (χ4n) is 3.65. The summed E-state index contributed by atoms with van der Waals surface area (Å²) in [6, 6.07) is 12.8. The molecule has 2 heterocycles. The second-order valence-corrected chi connectivity index (χ2v) is 6.63. The predicted molar refractivity (Wildman–Crippen MR) is 106 cm³/mol. The van der Waals surface area contributed by atoms with E-state index < -0.39 is 0 Å². The summed E-state index contributed by atoms with van der Waals surface area (Å²) in [5.74, 6) is 1.47. The highest BCUT2D eigenvalue weighted by Crippen LogP contribution is 2.38. The Morgan fingerprint density at radius 1 is 1.08 bits per heavy atom. The number of nitrogens with one attached hydrogen (secondary N) is 2. The van der Waals surface area contributed by atoms with Gasteiger partial charge in [-0.05, 0) is 45.0 Å². The van der Waals surface area contributed by atoms with Crippen molar-refractivity contribution < 1.29 is 9.47 Å². The standard InChI is InChI=1S/C21H25N3O2/c1-3-26-20-13-18-16(12-19(20)25-2)21(23-14-8-10-22-11-9-14)15-6-4-5-7-17(15)24-18/h4-7,12-14,22H,3,8-11H2,1-2H3,(H,23,24). The fraction of sp³-hybridized carbons (Fsp3) is 0.381. The van der Waals surface area contributed by atoms with Crippen LogP contribution in [0.15, 0.2) is 36.4 Å². The maximum Gasteiger partial charge on any atom is 0.163 e. The molecule has 26 heavy (non-hydrogen) atoms. The predicted octanol–water partition coefficient (Wildman–Crippen LogP) is 3.96. The topological polar surface area (TPSA) is 55.4 Å². The molecule has 0 radical (unpaired) electrons. The molecule has 0 amide bonds. The maximum atomic E-state index is 5.74. The molecule has 3 aromatic rings. The number of methoxy groups -OCH3 is 1. The SMILES string of the molecule is CCOc1cc2nc3ccccc3c(NC3CCNCC3)c2cc1OC. The Morgan fingerprint density at radius 2 is 1.88 bits per heavy atom. The van der Waals surface area contributed by atoms with Crippen molar-refractivity contribution in [2.45, 2.75) is 25.8 Å². The lowest BCUT2D eigenvalue weighted by molar-refractivity contribution is 0.311. The molecule has 1 fully saturated rings. The van der Waals surface area contributed by atoms with Crippen LogP contribution >= 0.6 is 0 Å². The third-order valence-corrected chi connectivity index (χ3v) is 4.95. The van der Waals surface area contributed by atoms with Gasteiger partial charge in [0, 0.05) is 22.9 Å². The third-order valence-electron chi connectivity index (χ3n) is 4.95. The van der Waals surface area contributed by atoms with Crippen molar-refractivity contribution in [3.8, 4) is 11.5 Å². The maximum absolute atomic E-state index is 5.74. The number of fused-ring (bicyclic) bond motifs is 2. The molecule has 2 N–H and O–H groups in total. The molecule has 1 aliphatic rings. The van der Waals surface area contributed by atoms with E-state index in [9.17, 15) is 0 Å². The molecule has 1 aliphatic heterocycles. The van der Waals surface area contributed by atoms with Gasteiger partial charge in [-0.2, -0.15) is 0 Å². The van der Waals surface area contributed by atoms with Crippen LogP contribution in [0.25, 0.3) is 21.8 Å². The Bertz CT molecular complexity index is 920. The van der Waals surface area contributed by atoms with Crippen LogP contribution in [0.3, 0.4) is 0 Å². The number of hydrogen-bond donors (Lipinski definition) is 2. The van der Waals surface area contributed by atoms with Gasteiger partial charge in [0.1, 0.15) is 0 Å². The van der Waals surface area contributed by atoms with Gasteiger partial charge in [0.2, 0.25) is 0 Å².